The number of hydrogen-bond acceptors (Lipinski definition) is 8. The fourth-order valence-electron chi connectivity index (χ4n) is 3.90. The average molecular weight is 433 g/mol. The van der Waals surface area contributed by atoms with Gasteiger partial charge in [0.25, 0.3) is 5.69 Å². The van der Waals surface area contributed by atoms with E-state index in [0.717, 1.165) is 6.42 Å². The van der Waals surface area contributed by atoms with Crippen molar-refractivity contribution in [2.24, 2.45) is 0 Å². The van der Waals surface area contributed by atoms with Gasteiger partial charge in [0.1, 0.15) is 6.10 Å². The maximum Gasteiger partial charge on any atom is 0.338 e. The number of allylic oxidation sites excluding steroid dienone is 1. The Labute approximate surface area is 180 Å². The maximum absolute atomic E-state index is 12.6. The molecule has 9 nitrogen and oxygen atoms in total. The van der Waals surface area contributed by atoms with Crippen LogP contribution in [0, 0.1) is 10.1 Å². The highest BCUT2D eigenvalue weighted by Gasteiger charge is 2.47. The van der Waals surface area contributed by atoms with E-state index in [0.29, 0.717) is 19.3 Å². The Hall–Kier alpha value is -2.78. The number of fused-ring (bicyclic) bond motifs is 1. The molecule has 2 heterocycles. The number of esters is 2. The van der Waals surface area contributed by atoms with Gasteiger partial charge in [-0.3, -0.25) is 14.9 Å². The molecule has 2 saturated heterocycles. The van der Waals surface area contributed by atoms with Crippen molar-refractivity contribution in [3.63, 3.8) is 0 Å². The van der Waals surface area contributed by atoms with E-state index in [1.54, 1.807) is 0 Å². The molecule has 0 N–H and O–H groups in total. The minimum atomic E-state index is -0.560. The van der Waals surface area contributed by atoms with Gasteiger partial charge in [-0.15, -0.1) is 0 Å². The summed E-state index contributed by atoms with van der Waals surface area (Å²) in [6.45, 7) is 2.01. The first-order valence-corrected chi connectivity index (χ1v) is 10.4. The van der Waals surface area contributed by atoms with Gasteiger partial charge < -0.3 is 18.9 Å². The highest BCUT2D eigenvalue weighted by Crippen LogP contribution is 2.37. The molecule has 0 aromatic heterocycles. The first kappa shape index (κ1) is 22.9. The van der Waals surface area contributed by atoms with Crippen LogP contribution >= 0.6 is 0 Å². The maximum atomic E-state index is 12.6. The Bertz CT molecular complexity index is 807. The molecular formula is C22H27NO8. The van der Waals surface area contributed by atoms with Crippen LogP contribution in [0.5, 0.6) is 0 Å². The van der Waals surface area contributed by atoms with Crippen LogP contribution in [0.2, 0.25) is 0 Å². The summed E-state index contributed by atoms with van der Waals surface area (Å²) in [4.78, 5) is 34.4. The number of rotatable bonds is 9. The smallest absolute Gasteiger partial charge is 0.338 e. The molecule has 0 amide bonds. The monoisotopic (exact) mass is 433 g/mol. The van der Waals surface area contributed by atoms with Crippen molar-refractivity contribution in [3.8, 4) is 0 Å². The summed E-state index contributed by atoms with van der Waals surface area (Å²) >= 11 is 0. The first-order chi connectivity index (χ1) is 14.9. The molecule has 31 heavy (non-hydrogen) atoms. The molecule has 168 valence electrons. The fraction of sp³-hybridized carbons (Fsp3) is 0.545. The predicted molar refractivity (Wildman–Crippen MR) is 110 cm³/mol. The number of hydrogen-bond donors (Lipinski definition) is 0. The number of ether oxygens (including phenoxy) is 4. The molecule has 0 saturated carbocycles. The Morgan fingerprint density at radius 2 is 1.90 bits per heavy atom. The zero-order chi connectivity index (χ0) is 22.4. The molecule has 0 bridgehead atoms. The molecule has 0 unspecified atom stereocenters. The zero-order valence-corrected chi connectivity index (χ0v) is 17.6. The van der Waals surface area contributed by atoms with E-state index >= 15 is 0 Å². The molecule has 0 aliphatic carbocycles. The van der Waals surface area contributed by atoms with Crippen LogP contribution in [0.4, 0.5) is 5.69 Å². The standard InChI is InChI=1S/C22H27NO8/c1-3-4-5-6-17(31-22(25)14-7-9-15(10-8-14)23(26)27)19-13-20-18(30-19)11-16(29-20)12-21(24)28-2/h4-5,7-10,16-20H,3,6,11-13H2,1-2H3/b5-4+/t16-,17-,18+,19+,20+/m0/s1. The lowest BCUT2D eigenvalue weighted by molar-refractivity contribution is -0.384. The van der Waals surface area contributed by atoms with Gasteiger partial charge in [0.2, 0.25) is 0 Å². The summed E-state index contributed by atoms with van der Waals surface area (Å²) in [6, 6.07) is 5.30. The van der Waals surface area contributed by atoms with Gasteiger partial charge in [-0.2, -0.15) is 0 Å². The van der Waals surface area contributed by atoms with Crippen molar-refractivity contribution >= 4 is 17.6 Å². The van der Waals surface area contributed by atoms with Gasteiger partial charge in [0.15, 0.2) is 0 Å². The molecule has 0 radical (unpaired) electrons. The number of non-ortho nitro benzene ring substituents is 1. The normalized spacial score (nSPS) is 25.9. The second-order valence-electron chi connectivity index (χ2n) is 7.62. The lowest BCUT2D eigenvalue weighted by Gasteiger charge is -2.24. The highest BCUT2D eigenvalue weighted by molar-refractivity contribution is 5.89. The van der Waals surface area contributed by atoms with Crippen molar-refractivity contribution in [2.75, 3.05) is 7.11 Å². The van der Waals surface area contributed by atoms with E-state index in [-0.39, 0.29) is 48.1 Å². The van der Waals surface area contributed by atoms with Crippen molar-refractivity contribution in [1.82, 2.24) is 0 Å². The Morgan fingerprint density at radius 3 is 2.52 bits per heavy atom. The van der Waals surface area contributed by atoms with E-state index < -0.39 is 17.0 Å². The summed E-state index contributed by atoms with van der Waals surface area (Å²) < 4.78 is 22.5. The second-order valence-corrected chi connectivity index (χ2v) is 7.62. The van der Waals surface area contributed by atoms with E-state index in [1.165, 1.54) is 31.4 Å². The van der Waals surface area contributed by atoms with Crippen molar-refractivity contribution in [3.05, 3.63) is 52.1 Å². The minimum absolute atomic E-state index is 0.0930. The van der Waals surface area contributed by atoms with Crippen LogP contribution in [-0.2, 0) is 23.7 Å². The van der Waals surface area contributed by atoms with Gasteiger partial charge in [-0.05, 0) is 18.6 Å². The van der Waals surface area contributed by atoms with E-state index in [9.17, 15) is 19.7 Å². The number of benzene rings is 1. The second kappa shape index (κ2) is 10.5. The molecular weight excluding hydrogens is 406 g/mol. The van der Waals surface area contributed by atoms with Gasteiger partial charge >= 0.3 is 11.9 Å². The van der Waals surface area contributed by atoms with Crippen LogP contribution in [0.3, 0.4) is 0 Å². The number of nitro groups is 1. The number of carbonyl (C=O) groups is 2. The highest BCUT2D eigenvalue weighted by atomic mass is 16.6. The number of carbonyl (C=O) groups excluding carboxylic acids is 2. The number of nitro benzene ring substituents is 1. The molecule has 2 aliphatic heterocycles. The third-order valence-electron chi connectivity index (χ3n) is 5.47. The summed E-state index contributed by atoms with van der Waals surface area (Å²) in [5, 5.41) is 10.8. The van der Waals surface area contributed by atoms with E-state index in [2.05, 4.69) is 0 Å². The average Bonchev–Trinajstić information content (AvgIpc) is 3.31. The lowest BCUT2D eigenvalue weighted by atomic mass is 10.0. The van der Waals surface area contributed by atoms with Crippen LogP contribution in [0.1, 0.15) is 49.4 Å². The number of methoxy groups -OCH3 is 1. The van der Waals surface area contributed by atoms with Crippen LogP contribution in [0.25, 0.3) is 0 Å². The summed E-state index contributed by atoms with van der Waals surface area (Å²) in [5.41, 5.74) is 0.146. The van der Waals surface area contributed by atoms with Gasteiger partial charge in [-0.25, -0.2) is 4.79 Å². The summed E-state index contributed by atoms with van der Waals surface area (Å²) in [7, 11) is 1.35. The number of nitrogens with zero attached hydrogens (tertiary/aromatic N) is 1. The fourth-order valence-corrected chi connectivity index (χ4v) is 3.90. The summed E-state index contributed by atoms with van der Waals surface area (Å²) in [5.74, 6) is -0.879. The molecule has 3 rings (SSSR count). The molecule has 1 aromatic rings. The Morgan fingerprint density at radius 1 is 1.19 bits per heavy atom. The largest absolute Gasteiger partial charge is 0.469 e. The predicted octanol–water partition coefficient (Wildman–Crippen LogP) is 3.35. The molecule has 2 aliphatic rings. The van der Waals surface area contributed by atoms with Crippen molar-refractivity contribution in [1.29, 1.82) is 0 Å². The SMILES string of the molecule is CC/C=C/C[C@H](OC(=O)c1ccc([N+](=O)[O-])cc1)[C@H]1C[C@H]2O[C@H](CC(=O)OC)C[C@H]2O1. The van der Waals surface area contributed by atoms with Gasteiger partial charge in [0.05, 0.1) is 48.4 Å². The summed E-state index contributed by atoms with van der Waals surface area (Å²) in [6.07, 6.45) is 5.23. The van der Waals surface area contributed by atoms with Crippen LogP contribution in [-0.4, -0.2) is 54.5 Å². The Balaban J connectivity index is 1.62. The minimum Gasteiger partial charge on any atom is -0.469 e. The van der Waals surface area contributed by atoms with Gasteiger partial charge in [-0.1, -0.05) is 19.1 Å². The lowest BCUT2D eigenvalue weighted by Crippen LogP contribution is -2.32. The zero-order valence-electron chi connectivity index (χ0n) is 17.6. The quantitative estimate of drug-likeness (QED) is 0.252. The van der Waals surface area contributed by atoms with E-state index in [4.69, 9.17) is 18.9 Å². The molecule has 1 aromatic carbocycles. The van der Waals surface area contributed by atoms with Crippen LogP contribution in [0.15, 0.2) is 36.4 Å². The Kier molecular flexibility index (Phi) is 7.75. The van der Waals surface area contributed by atoms with Crippen molar-refractivity contribution in [2.45, 2.75) is 69.5 Å². The molecule has 2 fully saturated rings. The van der Waals surface area contributed by atoms with Crippen molar-refractivity contribution < 1.29 is 33.5 Å². The first-order valence-electron chi connectivity index (χ1n) is 10.4. The third-order valence-corrected chi connectivity index (χ3v) is 5.47. The molecule has 5 atom stereocenters. The molecule has 9 heteroatoms. The van der Waals surface area contributed by atoms with Crippen LogP contribution < -0.4 is 0 Å². The molecule has 0 spiro atoms. The van der Waals surface area contributed by atoms with Gasteiger partial charge in [0, 0.05) is 31.4 Å². The van der Waals surface area contributed by atoms with E-state index in [1.807, 2.05) is 19.1 Å². The topological polar surface area (TPSA) is 114 Å². The third kappa shape index (κ3) is 5.89.